The van der Waals surface area contributed by atoms with E-state index in [1.54, 1.807) is 18.3 Å². The molecule has 1 aliphatic rings. The molecule has 0 bridgehead atoms. The van der Waals surface area contributed by atoms with Crippen LogP contribution >= 0.6 is 0 Å². The van der Waals surface area contributed by atoms with Gasteiger partial charge in [0.2, 0.25) is 0 Å². The van der Waals surface area contributed by atoms with Gasteiger partial charge < -0.3 is 9.84 Å². The molecule has 0 aromatic carbocycles. The van der Waals surface area contributed by atoms with E-state index < -0.39 is 0 Å². The molecule has 2 heterocycles. The van der Waals surface area contributed by atoms with Gasteiger partial charge in [0.25, 0.3) is 5.91 Å². The minimum Gasteiger partial charge on any atom is -0.360 e. The van der Waals surface area contributed by atoms with E-state index in [9.17, 15) is 4.79 Å². The molecule has 6 nitrogen and oxygen atoms in total. The second-order valence-corrected chi connectivity index (χ2v) is 4.15. The van der Waals surface area contributed by atoms with Gasteiger partial charge in [0.15, 0.2) is 5.69 Å². The zero-order chi connectivity index (χ0) is 11.7. The van der Waals surface area contributed by atoms with Crippen LogP contribution in [0.15, 0.2) is 22.9 Å². The summed E-state index contributed by atoms with van der Waals surface area (Å²) in [5.41, 5.74) is 1.19. The van der Waals surface area contributed by atoms with Crippen molar-refractivity contribution in [3.05, 3.63) is 35.5 Å². The minimum absolute atomic E-state index is 0.227. The first kappa shape index (κ1) is 10.1. The molecule has 6 heteroatoms. The van der Waals surface area contributed by atoms with Crippen molar-refractivity contribution in [1.29, 1.82) is 0 Å². The Morgan fingerprint density at radius 1 is 1.59 bits per heavy atom. The monoisotopic (exact) mass is 232 g/mol. The number of carbonyl (C=O) groups is 1. The minimum atomic E-state index is -0.227. The molecule has 2 aromatic heterocycles. The molecule has 3 rings (SSSR count). The molecule has 1 saturated carbocycles. The van der Waals surface area contributed by atoms with E-state index in [0.29, 0.717) is 18.2 Å². The van der Waals surface area contributed by atoms with Crippen LogP contribution in [0.25, 0.3) is 0 Å². The molecular formula is C11H12N4O2. The number of aromatic amines is 1. The third-order valence-corrected chi connectivity index (χ3v) is 2.74. The molecule has 0 atom stereocenters. The molecule has 0 saturated heterocycles. The number of carbonyl (C=O) groups excluding carboxylic acids is 1. The molecule has 1 aliphatic carbocycles. The number of H-pyrrole nitrogens is 1. The van der Waals surface area contributed by atoms with Crippen LogP contribution < -0.4 is 5.32 Å². The van der Waals surface area contributed by atoms with Crippen LogP contribution in [0.2, 0.25) is 0 Å². The maximum absolute atomic E-state index is 11.7. The second-order valence-electron chi connectivity index (χ2n) is 4.15. The van der Waals surface area contributed by atoms with Crippen molar-refractivity contribution in [2.24, 2.45) is 0 Å². The Kier molecular flexibility index (Phi) is 2.40. The molecule has 1 fully saturated rings. The molecule has 17 heavy (non-hydrogen) atoms. The molecule has 1 amide bonds. The third kappa shape index (κ3) is 2.20. The fourth-order valence-corrected chi connectivity index (χ4v) is 1.61. The predicted octanol–water partition coefficient (Wildman–Crippen LogP) is 1.21. The van der Waals surface area contributed by atoms with Gasteiger partial charge in [-0.3, -0.25) is 9.89 Å². The van der Waals surface area contributed by atoms with Gasteiger partial charge in [0.05, 0.1) is 12.2 Å². The van der Waals surface area contributed by atoms with Crippen LogP contribution in [-0.4, -0.2) is 21.3 Å². The maximum atomic E-state index is 11.7. The predicted molar refractivity (Wildman–Crippen MR) is 58.2 cm³/mol. The summed E-state index contributed by atoms with van der Waals surface area (Å²) >= 11 is 0. The lowest BCUT2D eigenvalue weighted by Crippen LogP contribution is -2.23. The summed E-state index contributed by atoms with van der Waals surface area (Å²) in [6.45, 7) is 0.407. The fraction of sp³-hybridized carbons (Fsp3) is 0.364. The zero-order valence-corrected chi connectivity index (χ0v) is 9.14. The van der Waals surface area contributed by atoms with Crippen LogP contribution in [0.3, 0.4) is 0 Å². The largest absolute Gasteiger partial charge is 0.360 e. The summed E-state index contributed by atoms with van der Waals surface area (Å²) in [6.07, 6.45) is 3.90. The summed E-state index contributed by atoms with van der Waals surface area (Å²) in [7, 11) is 0. The highest BCUT2D eigenvalue weighted by atomic mass is 16.5. The number of hydrogen-bond acceptors (Lipinski definition) is 4. The van der Waals surface area contributed by atoms with E-state index in [0.717, 1.165) is 24.3 Å². The highest BCUT2D eigenvalue weighted by molar-refractivity contribution is 5.92. The Morgan fingerprint density at radius 2 is 2.47 bits per heavy atom. The van der Waals surface area contributed by atoms with Gasteiger partial charge >= 0.3 is 0 Å². The quantitative estimate of drug-likeness (QED) is 0.829. The average molecular weight is 232 g/mol. The van der Waals surface area contributed by atoms with Gasteiger partial charge in [-0.25, -0.2) is 0 Å². The Morgan fingerprint density at radius 3 is 3.18 bits per heavy atom. The van der Waals surface area contributed by atoms with Gasteiger partial charge in [0.1, 0.15) is 5.76 Å². The Bertz CT molecular complexity index is 513. The van der Waals surface area contributed by atoms with Crippen LogP contribution in [0.5, 0.6) is 0 Å². The number of amides is 1. The number of rotatable bonds is 4. The molecule has 0 radical (unpaired) electrons. The normalized spacial score (nSPS) is 14.8. The van der Waals surface area contributed by atoms with Gasteiger partial charge in [-0.1, -0.05) is 5.16 Å². The second kappa shape index (κ2) is 4.04. The van der Waals surface area contributed by atoms with E-state index >= 15 is 0 Å². The Hall–Kier alpha value is -2.11. The summed E-state index contributed by atoms with van der Waals surface area (Å²) in [5, 5.41) is 13.1. The van der Waals surface area contributed by atoms with Gasteiger partial charge in [-0.05, 0) is 18.9 Å². The maximum Gasteiger partial charge on any atom is 0.273 e. The molecule has 0 unspecified atom stereocenters. The number of aromatic nitrogens is 3. The number of hydrogen-bond donors (Lipinski definition) is 2. The first-order valence-electron chi connectivity index (χ1n) is 5.56. The molecule has 2 N–H and O–H groups in total. The lowest BCUT2D eigenvalue weighted by molar-refractivity contribution is 0.0941. The van der Waals surface area contributed by atoms with E-state index in [4.69, 9.17) is 4.52 Å². The Balaban J connectivity index is 1.60. The van der Waals surface area contributed by atoms with Crippen LogP contribution in [-0.2, 0) is 6.54 Å². The molecule has 88 valence electrons. The van der Waals surface area contributed by atoms with Crippen LogP contribution in [0.4, 0.5) is 0 Å². The van der Waals surface area contributed by atoms with Crippen molar-refractivity contribution in [2.75, 3.05) is 0 Å². The summed E-state index contributed by atoms with van der Waals surface area (Å²) in [4.78, 5) is 11.7. The lowest BCUT2D eigenvalue weighted by atomic mass is 10.3. The molecular weight excluding hydrogens is 220 g/mol. The van der Waals surface area contributed by atoms with Crippen molar-refractivity contribution in [1.82, 2.24) is 20.7 Å². The average Bonchev–Trinajstić information content (AvgIpc) is 2.88. The topological polar surface area (TPSA) is 83.8 Å². The van der Waals surface area contributed by atoms with E-state index in [1.807, 2.05) is 0 Å². The molecule has 0 spiro atoms. The highest BCUT2D eigenvalue weighted by Crippen LogP contribution is 2.40. The Labute approximate surface area is 97.4 Å². The lowest BCUT2D eigenvalue weighted by Gasteiger charge is -1.98. The smallest absolute Gasteiger partial charge is 0.273 e. The van der Waals surface area contributed by atoms with E-state index in [2.05, 4.69) is 20.7 Å². The van der Waals surface area contributed by atoms with Crippen molar-refractivity contribution in [3.63, 3.8) is 0 Å². The van der Waals surface area contributed by atoms with Gasteiger partial charge in [-0.15, -0.1) is 0 Å². The van der Waals surface area contributed by atoms with E-state index in [-0.39, 0.29) is 5.91 Å². The summed E-state index contributed by atoms with van der Waals surface area (Å²) in [5.74, 6) is 1.06. The summed E-state index contributed by atoms with van der Waals surface area (Å²) < 4.78 is 5.12. The van der Waals surface area contributed by atoms with Crippen molar-refractivity contribution >= 4 is 5.91 Å². The van der Waals surface area contributed by atoms with Crippen LogP contribution in [0.1, 0.15) is 40.7 Å². The standard InChI is InChI=1S/C11H12N4O2/c16-11(12-6-8-3-4-13-14-8)9-5-10(17-15-9)7-1-2-7/h3-5,7H,1-2,6H2,(H,12,16)(H,13,14). The first-order chi connectivity index (χ1) is 8.33. The zero-order valence-electron chi connectivity index (χ0n) is 9.14. The molecule has 2 aromatic rings. The molecule has 0 aliphatic heterocycles. The first-order valence-corrected chi connectivity index (χ1v) is 5.56. The SMILES string of the molecule is O=C(NCc1ccn[nH]1)c1cc(C2CC2)on1. The van der Waals surface area contributed by atoms with E-state index in [1.165, 1.54) is 0 Å². The fourth-order valence-electron chi connectivity index (χ4n) is 1.61. The van der Waals surface area contributed by atoms with Crippen molar-refractivity contribution in [3.8, 4) is 0 Å². The van der Waals surface area contributed by atoms with Gasteiger partial charge in [-0.2, -0.15) is 5.10 Å². The number of nitrogens with one attached hydrogen (secondary N) is 2. The number of nitrogens with zero attached hydrogens (tertiary/aromatic N) is 2. The third-order valence-electron chi connectivity index (χ3n) is 2.74. The summed E-state index contributed by atoms with van der Waals surface area (Å²) in [6, 6.07) is 3.53. The van der Waals surface area contributed by atoms with Gasteiger partial charge in [0, 0.05) is 18.2 Å². The highest BCUT2D eigenvalue weighted by Gasteiger charge is 2.28. The van der Waals surface area contributed by atoms with Crippen LogP contribution in [0, 0.1) is 0 Å². The van der Waals surface area contributed by atoms with Crippen molar-refractivity contribution < 1.29 is 9.32 Å². The van der Waals surface area contributed by atoms with Crippen molar-refractivity contribution in [2.45, 2.75) is 25.3 Å².